The van der Waals surface area contributed by atoms with Gasteiger partial charge in [-0.3, -0.25) is 14.4 Å². The van der Waals surface area contributed by atoms with Gasteiger partial charge in [0.15, 0.2) is 11.5 Å². The van der Waals surface area contributed by atoms with Gasteiger partial charge in [0.05, 0.1) is 11.6 Å². The zero-order valence-corrected chi connectivity index (χ0v) is 20.7. The lowest BCUT2D eigenvalue weighted by Gasteiger charge is -2.28. The Bertz CT molecular complexity index is 1190. The Morgan fingerprint density at radius 2 is 1.72 bits per heavy atom. The predicted molar refractivity (Wildman–Crippen MR) is 132 cm³/mol. The highest BCUT2D eigenvalue weighted by Crippen LogP contribution is 2.41. The van der Waals surface area contributed by atoms with Gasteiger partial charge in [0.25, 0.3) is 11.7 Å². The van der Waals surface area contributed by atoms with E-state index in [0.717, 1.165) is 13.1 Å². The van der Waals surface area contributed by atoms with E-state index in [2.05, 4.69) is 4.90 Å². The summed E-state index contributed by atoms with van der Waals surface area (Å²) in [6.45, 7) is 8.67. The van der Waals surface area contributed by atoms with E-state index < -0.39 is 23.7 Å². The van der Waals surface area contributed by atoms with E-state index >= 15 is 0 Å². The SMILES string of the molecule is CCN(CC)CCN1C(=O)C(=O)/C(=C(\O)c2ccc3c(c2)OCCO3)C1c1ccc(OC(C)=O)cc1. The molecule has 0 saturated carbocycles. The van der Waals surface area contributed by atoms with Gasteiger partial charge in [0, 0.05) is 25.6 Å². The molecule has 1 fully saturated rings. The van der Waals surface area contributed by atoms with Crippen molar-refractivity contribution in [1.29, 1.82) is 0 Å². The molecule has 2 aliphatic heterocycles. The number of aliphatic hydroxyl groups excluding tert-OH is 1. The number of esters is 1. The number of Topliss-reactive ketones (excluding diaryl/α,β-unsaturated/α-hetero) is 1. The minimum Gasteiger partial charge on any atom is -0.507 e. The quantitative estimate of drug-likeness (QED) is 0.196. The number of carbonyl (C=O) groups excluding carboxylic acids is 3. The summed E-state index contributed by atoms with van der Waals surface area (Å²) in [5.41, 5.74) is 0.961. The zero-order valence-electron chi connectivity index (χ0n) is 20.7. The molecule has 2 aromatic rings. The van der Waals surface area contributed by atoms with Crippen LogP contribution in [-0.2, 0) is 14.4 Å². The van der Waals surface area contributed by atoms with Gasteiger partial charge in [-0.25, -0.2) is 0 Å². The molecule has 1 unspecified atom stereocenters. The van der Waals surface area contributed by atoms with Crippen LogP contribution in [0.5, 0.6) is 17.2 Å². The Kier molecular flexibility index (Phi) is 7.59. The Hall–Kier alpha value is -3.85. The fourth-order valence-electron chi connectivity index (χ4n) is 4.48. The number of amides is 1. The molecule has 2 aromatic carbocycles. The average Bonchev–Trinajstić information content (AvgIpc) is 3.13. The summed E-state index contributed by atoms with van der Waals surface area (Å²) in [6.07, 6.45) is 0. The Labute approximate surface area is 209 Å². The summed E-state index contributed by atoms with van der Waals surface area (Å²) in [5, 5.41) is 11.3. The molecular formula is C27H30N2O7. The van der Waals surface area contributed by atoms with E-state index in [1.165, 1.54) is 11.8 Å². The number of nitrogens with zero attached hydrogens (tertiary/aromatic N) is 2. The van der Waals surface area contributed by atoms with Crippen LogP contribution in [0.3, 0.4) is 0 Å². The summed E-state index contributed by atoms with van der Waals surface area (Å²) in [6, 6.07) is 10.7. The molecule has 4 rings (SSSR count). The second-order valence-electron chi connectivity index (χ2n) is 8.54. The lowest BCUT2D eigenvalue weighted by atomic mass is 9.95. The van der Waals surface area contributed by atoms with Gasteiger partial charge in [-0.2, -0.15) is 0 Å². The number of ketones is 1. The van der Waals surface area contributed by atoms with Gasteiger partial charge in [-0.05, 0) is 49.0 Å². The van der Waals surface area contributed by atoms with Crippen molar-refractivity contribution in [2.24, 2.45) is 0 Å². The van der Waals surface area contributed by atoms with Crippen molar-refractivity contribution in [3.63, 3.8) is 0 Å². The highest BCUT2D eigenvalue weighted by Gasteiger charge is 2.46. The van der Waals surface area contributed by atoms with Crippen LogP contribution in [0.25, 0.3) is 5.76 Å². The van der Waals surface area contributed by atoms with Crippen molar-refractivity contribution in [3.05, 3.63) is 59.2 Å². The maximum absolute atomic E-state index is 13.3. The molecule has 1 N–H and O–H groups in total. The van der Waals surface area contributed by atoms with Crippen molar-refractivity contribution < 1.29 is 33.7 Å². The van der Waals surface area contributed by atoms with Crippen LogP contribution >= 0.6 is 0 Å². The molecule has 0 bridgehead atoms. The second-order valence-corrected chi connectivity index (χ2v) is 8.54. The van der Waals surface area contributed by atoms with Crippen molar-refractivity contribution in [1.82, 2.24) is 9.80 Å². The average molecular weight is 495 g/mol. The molecule has 0 aliphatic carbocycles. The van der Waals surface area contributed by atoms with Crippen LogP contribution in [0.2, 0.25) is 0 Å². The number of likely N-dealkylation sites (N-methyl/N-ethyl adjacent to an activating group) is 1. The van der Waals surface area contributed by atoms with Crippen molar-refractivity contribution >= 4 is 23.4 Å². The number of benzene rings is 2. The van der Waals surface area contributed by atoms with Crippen LogP contribution in [-0.4, -0.2) is 72.0 Å². The third kappa shape index (κ3) is 5.06. The molecule has 0 radical (unpaired) electrons. The number of aliphatic hydroxyl groups is 1. The lowest BCUT2D eigenvalue weighted by Crippen LogP contribution is -2.38. The number of hydrogen-bond acceptors (Lipinski definition) is 8. The van der Waals surface area contributed by atoms with Gasteiger partial charge in [0.2, 0.25) is 0 Å². The molecule has 9 nitrogen and oxygen atoms in total. The summed E-state index contributed by atoms with van der Waals surface area (Å²) in [5.74, 6) is -0.806. The van der Waals surface area contributed by atoms with Crippen LogP contribution in [0.4, 0.5) is 0 Å². The Balaban J connectivity index is 1.77. The molecule has 1 atom stereocenters. The maximum atomic E-state index is 13.3. The number of fused-ring (bicyclic) bond motifs is 1. The second kappa shape index (κ2) is 10.8. The number of carbonyl (C=O) groups is 3. The molecule has 2 aliphatic rings. The molecule has 1 amide bonds. The number of likely N-dealkylation sites (tertiary alicyclic amines) is 1. The van der Waals surface area contributed by atoms with Gasteiger partial charge in [-0.1, -0.05) is 26.0 Å². The van der Waals surface area contributed by atoms with Crippen LogP contribution in [0.1, 0.15) is 37.9 Å². The third-order valence-electron chi connectivity index (χ3n) is 6.36. The summed E-state index contributed by atoms with van der Waals surface area (Å²) in [4.78, 5) is 41.4. The first kappa shape index (κ1) is 25.2. The normalized spacial score (nSPS) is 18.6. The monoisotopic (exact) mass is 494 g/mol. The molecule has 190 valence electrons. The molecule has 2 heterocycles. The molecule has 1 saturated heterocycles. The zero-order chi connectivity index (χ0) is 25.8. The molecule has 36 heavy (non-hydrogen) atoms. The molecular weight excluding hydrogens is 464 g/mol. The number of rotatable bonds is 8. The lowest BCUT2D eigenvalue weighted by molar-refractivity contribution is -0.140. The van der Waals surface area contributed by atoms with Crippen molar-refractivity contribution in [2.75, 3.05) is 39.4 Å². The number of ether oxygens (including phenoxy) is 3. The highest BCUT2D eigenvalue weighted by molar-refractivity contribution is 6.46. The minimum atomic E-state index is -0.805. The van der Waals surface area contributed by atoms with E-state index in [1.54, 1.807) is 42.5 Å². The van der Waals surface area contributed by atoms with Crippen LogP contribution in [0.15, 0.2) is 48.0 Å². The summed E-state index contributed by atoms with van der Waals surface area (Å²) >= 11 is 0. The minimum absolute atomic E-state index is 0.00328. The third-order valence-corrected chi connectivity index (χ3v) is 6.36. The molecule has 0 aromatic heterocycles. The van der Waals surface area contributed by atoms with Gasteiger partial charge >= 0.3 is 5.97 Å². The maximum Gasteiger partial charge on any atom is 0.308 e. The van der Waals surface area contributed by atoms with Crippen molar-refractivity contribution in [3.8, 4) is 17.2 Å². The fraction of sp³-hybridized carbons (Fsp3) is 0.370. The molecule has 0 spiro atoms. The summed E-state index contributed by atoms with van der Waals surface area (Å²) in [7, 11) is 0. The predicted octanol–water partition coefficient (Wildman–Crippen LogP) is 3.15. The Morgan fingerprint density at radius 1 is 1.06 bits per heavy atom. The van der Waals surface area contributed by atoms with Crippen LogP contribution in [0, 0.1) is 0 Å². The number of hydrogen-bond donors (Lipinski definition) is 1. The topological polar surface area (TPSA) is 106 Å². The van der Waals surface area contributed by atoms with E-state index in [1.807, 2.05) is 13.8 Å². The first-order chi connectivity index (χ1) is 17.3. The van der Waals surface area contributed by atoms with Crippen molar-refractivity contribution in [2.45, 2.75) is 26.8 Å². The largest absolute Gasteiger partial charge is 0.507 e. The Morgan fingerprint density at radius 3 is 2.36 bits per heavy atom. The van der Waals surface area contributed by atoms with Gasteiger partial charge in [0.1, 0.15) is 24.7 Å². The summed E-state index contributed by atoms with van der Waals surface area (Å²) < 4.78 is 16.3. The smallest absolute Gasteiger partial charge is 0.308 e. The molecule has 9 heteroatoms. The van der Waals surface area contributed by atoms with Gasteiger partial charge in [-0.15, -0.1) is 0 Å². The standard InChI is InChI=1S/C27H30N2O7/c1-4-28(5-2)12-13-29-24(18-6-9-20(10-7-18)36-17(3)30)23(26(32)27(29)33)25(31)19-8-11-21-22(16-19)35-15-14-34-21/h6-11,16,24,31H,4-5,12-15H2,1-3H3/b25-23-. The fourth-order valence-corrected chi connectivity index (χ4v) is 4.48. The van der Waals surface area contributed by atoms with E-state index in [9.17, 15) is 19.5 Å². The van der Waals surface area contributed by atoms with E-state index in [-0.39, 0.29) is 11.3 Å². The van der Waals surface area contributed by atoms with Crippen LogP contribution < -0.4 is 14.2 Å². The highest BCUT2D eigenvalue weighted by atomic mass is 16.6. The van der Waals surface area contributed by atoms with Gasteiger partial charge < -0.3 is 29.1 Å². The first-order valence-corrected chi connectivity index (χ1v) is 12.0. The van der Waals surface area contributed by atoms with E-state index in [4.69, 9.17) is 14.2 Å². The first-order valence-electron chi connectivity index (χ1n) is 12.0. The van der Waals surface area contributed by atoms with E-state index in [0.29, 0.717) is 54.7 Å².